The van der Waals surface area contributed by atoms with Crippen LogP contribution >= 0.6 is 0 Å². The van der Waals surface area contributed by atoms with Crippen molar-refractivity contribution in [1.82, 2.24) is 0 Å². The largest absolute Gasteiger partial charge is 0.480 e. The predicted octanol–water partition coefficient (Wildman–Crippen LogP) is 4.96. The Balaban J connectivity index is 1.72. The quantitative estimate of drug-likeness (QED) is 0.584. The highest BCUT2D eigenvalue weighted by atomic mass is 16.6. The minimum Gasteiger partial charge on any atom is -0.480 e. The van der Waals surface area contributed by atoms with Gasteiger partial charge in [0.1, 0.15) is 11.5 Å². The fourth-order valence-electron chi connectivity index (χ4n) is 4.34. The Morgan fingerprint density at radius 2 is 1.50 bits per heavy atom. The van der Waals surface area contributed by atoms with E-state index >= 15 is 0 Å². The maximum absolute atomic E-state index is 6.61. The van der Waals surface area contributed by atoms with Crippen molar-refractivity contribution in [2.45, 2.75) is 11.7 Å². The fourth-order valence-corrected chi connectivity index (χ4v) is 4.34. The molecule has 0 saturated carbocycles. The van der Waals surface area contributed by atoms with Crippen LogP contribution < -0.4 is 9.47 Å². The minimum absolute atomic E-state index is 0.154. The molecule has 1 spiro atoms. The predicted molar refractivity (Wildman–Crippen MR) is 92.9 cm³/mol. The van der Waals surface area contributed by atoms with Gasteiger partial charge in [-0.1, -0.05) is 60.7 Å². The molecule has 0 amide bonds. The maximum Gasteiger partial charge on any atom is 0.201 e. The van der Waals surface area contributed by atoms with Crippen molar-refractivity contribution in [2.75, 3.05) is 0 Å². The lowest BCUT2D eigenvalue weighted by Crippen LogP contribution is -2.40. The molecule has 0 bridgehead atoms. The SMILES string of the molecule is C1=C2c3ccccc3OC3c4ccccc4OC23c2ccccc21. The van der Waals surface area contributed by atoms with Crippen LogP contribution in [0.2, 0.25) is 0 Å². The lowest BCUT2D eigenvalue weighted by Gasteiger charge is -2.39. The highest BCUT2D eigenvalue weighted by molar-refractivity contribution is 5.97. The first-order valence-electron chi connectivity index (χ1n) is 8.23. The van der Waals surface area contributed by atoms with E-state index in [0.29, 0.717) is 0 Å². The van der Waals surface area contributed by atoms with Crippen molar-refractivity contribution in [3.63, 3.8) is 0 Å². The molecular weight excluding hydrogens is 296 g/mol. The number of ether oxygens (including phenoxy) is 2. The average molecular weight is 310 g/mol. The van der Waals surface area contributed by atoms with Crippen LogP contribution in [-0.4, -0.2) is 0 Å². The van der Waals surface area contributed by atoms with Crippen LogP contribution in [0.1, 0.15) is 28.4 Å². The molecule has 2 atom stereocenters. The standard InChI is InChI=1S/C22H14O2/c1-4-10-17-14(7-1)13-18-15-8-2-5-11-19(15)23-21-16-9-3-6-12-20(16)24-22(17,18)21/h1-13,21H. The van der Waals surface area contributed by atoms with Crippen LogP contribution in [0.4, 0.5) is 0 Å². The third-order valence-corrected chi connectivity index (χ3v) is 5.32. The first-order chi connectivity index (χ1) is 11.9. The summed E-state index contributed by atoms with van der Waals surface area (Å²) in [6, 6.07) is 24.9. The Labute approximate surface area is 140 Å². The normalized spacial score (nSPS) is 24.5. The van der Waals surface area contributed by atoms with Gasteiger partial charge in [-0.05, 0) is 23.8 Å². The van der Waals surface area contributed by atoms with E-state index < -0.39 is 5.60 Å². The van der Waals surface area contributed by atoms with Gasteiger partial charge in [0.05, 0.1) is 0 Å². The zero-order chi connectivity index (χ0) is 15.7. The first-order valence-corrected chi connectivity index (χ1v) is 8.23. The van der Waals surface area contributed by atoms with Gasteiger partial charge in [-0.15, -0.1) is 0 Å². The minimum atomic E-state index is -0.575. The topological polar surface area (TPSA) is 18.5 Å². The maximum atomic E-state index is 6.61. The van der Waals surface area contributed by atoms with Crippen molar-refractivity contribution < 1.29 is 9.47 Å². The van der Waals surface area contributed by atoms with Crippen LogP contribution in [0.15, 0.2) is 72.8 Å². The summed E-state index contributed by atoms with van der Waals surface area (Å²) >= 11 is 0. The molecule has 0 N–H and O–H groups in total. The summed E-state index contributed by atoms with van der Waals surface area (Å²) in [5.41, 5.74) is 5.27. The zero-order valence-electron chi connectivity index (χ0n) is 12.9. The van der Waals surface area contributed by atoms with Gasteiger partial charge in [-0.2, -0.15) is 0 Å². The Hall–Kier alpha value is -3.00. The van der Waals surface area contributed by atoms with Gasteiger partial charge in [-0.25, -0.2) is 0 Å². The fraction of sp³-hybridized carbons (Fsp3) is 0.0909. The van der Waals surface area contributed by atoms with E-state index in [1.807, 2.05) is 24.3 Å². The lowest BCUT2D eigenvalue weighted by molar-refractivity contribution is 0.0234. The number of hydrogen-bond donors (Lipinski definition) is 0. The van der Waals surface area contributed by atoms with Crippen LogP contribution in [0.25, 0.3) is 11.6 Å². The smallest absolute Gasteiger partial charge is 0.201 e. The molecule has 0 fully saturated rings. The molecule has 114 valence electrons. The van der Waals surface area contributed by atoms with E-state index in [4.69, 9.17) is 9.47 Å². The molecule has 2 nitrogen and oxygen atoms in total. The number of fused-ring (bicyclic) bond motifs is 5. The molecule has 3 aromatic rings. The van der Waals surface area contributed by atoms with E-state index in [-0.39, 0.29) is 6.10 Å². The van der Waals surface area contributed by atoms with Crippen LogP contribution in [0.3, 0.4) is 0 Å². The Morgan fingerprint density at radius 1 is 0.750 bits per heavy atom. The molecule has 24 heavy (non-hydrogen) atoms. The third-order valence-electron chi connectivity index (χ3n) is 5.32. The average Bonchev–Trinajstić information content (AvgIpc) is 3.14. The van der Waals surface area contributed by atoms with Gasteiger partial charge >= 0.3 is 0 Å². The molecule has 0 aromatic heterocycles. The number of rotatable bonds is 0. The summed E-state index contributed by atoms with van der Waals surface area (Å²) in [7, 11) is 0. The van der Waals surface area contributed by atoms with Gasteiger partial charge in [0.2, 0.25) is 5.60 Å². The number of benzene rings is 3. The molecule has 2 unspecified atom stereocenters. The molecule has 3 aliphatic rings. The summed E-state index contributed by atoms with van der Waals surface area (Å²) < 4.78 is 13.1. The molecule has 2 heteroatoms. The summed E-state index contributed by atoms with van der Waals surface area (Å²) in [6.07, 6.45) is 2.11. The molecule has 0 saturated heterocycles. The Kier molecular flexibility index (Phi) is 2.12. The molecule has 3 aromatic carbocycles. The highest BCUT2D eigenvalue weighted by Crippen LogP contribution is 2.64. The van der Waals surface area contributed by atoms with Crippen molar-refractivity contribution in [1.29, 1.82) is 0 Å². The Bertz CT molecular complexity index is 1030. The van der Waals surface area contributed by atoms with Gasteiger partial charge < -0.3 is 9.47 Å². The monoisotopic (exact) mass is 310 g/mol. The second kappa shape index (κ2) is 4.09. The molecule has 2 aliphatic heterocycles. The Morgan fingerprint density at radius 3 is 2.46 bits per heavy atom. The van der Waals surface area contributed by atoms with E-state index in [1.54, 1.807) is 0 Å². The molecular formula is C22H14O2. The summed E-state index contributed by atoms with van der Waals surface area (Å²) in [5.74, 6) is 1.84. The van der Waals surface area contributed by atoms with E-state index in [2.05, 4.69) is 54.6 Å². The van der Waals surface area contributed by atoms with Crippen molar-refractivity contribution >= 4 is 11.6 Å². The molecule has 0 radical (unpaired) electrons. The molecule has 2 heterocycles. The highest BCUT2D eigenvalue weighted by Gasteiger charge is 2.60. The van der Waals surface area contributed by atoms with Gasteiger partial charge in [0.15, 0.2) is 6.10 Å². The zero-order valence-corrected chi connectivity index (χ0v) is 12.9. The van der Waals surface area contributed by atoms with E-state index in [1.165, 1.54) is 16.7 Å². The van der Waals surface area contributed by atoms with Gasteiger partial charge in [0, 0.05) is 22.3 Å². The van der Waals surface area contributed by atoms with Crippen LogP contribution in [-0.2, 0) is 5.60 Å². The van der Waals surface area contributed by atoms with Crippen molar-refractivity contribution in [2.24, 2.45) is 0 Å². The number of para-hydroxylation sites is 2. The second-order valence-electron chi connectivity index (χ2n) is 6.51. The van der Waals surface area contributed by atoms with Crippen LogP contribution in [0.5, 0.6) is 11.5 Å². The summed E-state index contributed by atoms with van der Waals surface area (Å²) in [5, 5.41) is 0. The van der Waals surface area contributed by atoms with Crippen molar-refractivity contribution in [3.05, 3.63) is 95.1 Å². The first kappa shape index (κ1) is 12.4. The van der Waals surface area contributed by atoms with Crippen LogP contribution in [0, 0.1) is 0 Å². The van der Waals surface area contributed by atoms with E-state index in [9.17, 15) is 0 Å². The van der Waals surface area contributed by atoms with Gasteiger partial charge in [-0.3, -0.25) is 0 Å². The third kappa shape index (κ3) is 1.29. The molecule has 1 aliphatic carbocycles. The molecule has 6 rings (SSSR count). The number of hydrogen-bond acceptors (Lipinski definition) is 2. The summed E-state index contributed by atoms with van der Waals surface area (Å²) in [4.78, 5) is 0. The van der Waals surface area contributed by atoms with Gasteiger partial charge in [0.25, 0.3) is 0 Å². The van der Waals surface area contributed by atoms with E-state index in [0.717, 1.165) is 22.6 Å². The summed E-state index contributed by atoms with van der Waals surface area (Å²) in [6.45, 7) is 0. The lowest BCUT2D eigenvalue weighted by atomic mass is 9.78. The second-order valence-corrected chi connectivity index (χ2v) is 6.51. The van der Waals surface area contributed by atoms with Crippen molar-refractivity contribution in [3.8, 4) is 11.5 Å².